The number of amides is 1. The Bertz CT molecular complexity index is 860. The number of carbonyl (C=O) groups is 1. The molecule has 0 aromatic heterocycles. The van der Waals surface area contributed by atoms with E-state index in [1.807, 2.05) is 0 Å². The number of hydrogen-bond donors (Lipinski definition) is 0. The van der Waals surface area contributed by atoms with E-state index in [-0.39, 0.29) is 5.92 Å². The van der Waals surface area contributed by atoms with Gasteiger partial charge < -0.3 is 9.64 Å². The molecule has 3 heteroatoms. The van der Waals surface area contributed by atoms with Crippen molar-refractivity contribution in [3.63, 3.8) is 0 Å². The van der Waals surface area contributed by atoms with Gasteiger partial charge in [-0.1, -0.05) is 42.0 Å². The summed E-state index contributed by atoms with van der Waals surface area (Å²) in [7, 11) is 0. The molecule has 2 heterocycles. The van der Waals surface area contributed by atoms with Crippen molar-refractivity contribution in [2.75, 3.05) is 6.61 Å². The molecular formula is C24H27NO2. The van der Waals surface area contributed by atoms with E-state index < -0.39 is 5.72 Å². The Hall–Kier alpha value is -1.61. The standard InChI is InChI=1S/C24H27NO2/c1-13-2-8-18(9-3-13)24-21-16-6-5-15(11-16)20(21)23(26)25(24)22-17-7-4-14(10-17)19(22)12-27-24/h2-3,5-6,8-9,14-17,19-22H,4,7,10-12H2,1H3/t14-,15+,16-,17+,19+,20+,21-,22-,24+/m1/s1. The third kappa shape index (κ3) is 1.64. The third-order valence-corrected chi connectivity index (χ3v) is 9.09. The summed E-state index contributed by atoms with van der Waals surface area (Å²) < 4.78 is 6.89. The van der Waals surface area contributed by atoms with Gasteiger partial charge in [-0.25, -0.2) is 0 Å². The lowest BCUT2D eigenvalue weighted by atomic mass is 9.74. The van der Waals surface area contributed by atoms with Gasteiger partial charge in [0.25, 0.3) is 0 Å². The number of aryl methyl sites for hydroxylation is 1. The lowest BCUT2D eigenvalue weighted by molar-refractivity contribution is -0.244. The monoisotopic (exact) mass is 361 g/mol. The van der Waals surface area contributed by atoms with Crippen molar-refractivity contribution >= 4 is 5.91 Å². The van der Waals surface area contributed by atoms with Crippen LogP contribution in [0.15, 0.2) is 36.4 Å². The third-order valence-electron chi connectivity index (χ3n) is 9.09. The first-order chi connectivity index (χ1) is 13.2. The number of carbonyl (C=O) groups excluding carboxylic acids is 1. The summed E-state index contributed by atoms with van der Waals surface area (Å²) in [5.41, 5.74) is 1.96. The number of rotatable bonds is 1. The largest absolute Gasteiger partial charge is 0.350 e. The molecule has 4 bridgehead atoms. The molecule has 9 atom stereocenters. The number of fused-ring (bicyclic) bond motifs is 13. The summed E-state index contributed by atoms with van der Waals surface area (Å²) in [5, 5.41) is 0. The predicted molar refractivity (Wildman–Crippen MR) is 101 cm³/mol. The Morgan fingerprint density at radius 2 is 1.81 bits per heavy atom. The van der Waals surface area contributed by atoms with Crippen molar-refractivity contribution in [2.24, 2.45) is 41.4 Å². The molecule has 3 saturated carbocycles. The minimum atomic E-state index is -0.523. The van der Waals surface area contributed by atoms with Gasteiger partial charge in [0.05, 0.1) is 12.5 Å². The average molecular weight is 361 g/mol. The molecule has 1 aromatic carbocycles. The molecule has 5 fully saturated rings. The summed E-state index contributed by atoms with van der Waals surface area (Å²) in [4.78, 5) is 16.2. The second kappa shape index (κ2) is 4.86. The lowest BCUT2D eigenvalue weighted by Gasteiger charge is -2.54. The lowest BCUT2D eigenvalue weighted by Crippen LogP contribution is -2.62. The minimum absolute atomic E-state index is 0.138. The summed E-state index contributed by atoms with van der Waals surface area (Å²) in [6.07, 6.45) is 9.81. The highest BCUT2D eigenvalue weighted by molar-refractivity contribution is 5.85. The molecule has 0 N–H and O–H groups in total. The fourth-order valence-electron chi connectivity index (χ4n) is 8.16. The molecule has 2 saturated heterocycles. The molecule has 1 amide bonds. The van der Waals surface area contributed by atoms with E-state index in [1.165, 1.54) is 30.4 Å². The van der Waals surface area contributed by atoms with E-state index in [9.17, 15) is 4.79 Å². The maximum atomic E-state index is 13.9. The number of hydrogen-bond acceptors (Lipinski definition) is 2. The van der Waals surface area contributed by atoms with Crippen molar-refractivity contribution in [1.29, 1.82) is 0 Å². The van der Waals surface area contributed by atoms with Crippen LogP contribution < -0.4 is 0 Å². The molecule has 0 radical (unpaired) electrons. The second-order valence-electron chi connectivity index (χ2n) is 10.1. The molecule has 4 aliphatic carbocycles. The van der Waals surface area contributed by atoms with Crippen molar-refractivity contribution in [1.82, 2.24) is 4.90 Å². The fourth-order valence-corrected chi connectivity index (χ4v) is 8.16. The Morgan fingerprint density at radius 3 is 2.67 bits per heavy atom. The van der Waals surface area contributed by atoms with E-state index >= 15 is 0 Å². The number of nitrogens with zero attached hydrogens (tertiary/aromatic N) is 1. The highest BCUT2D eigenvalue weighted by Crippen LogP contribution is 2.67. The maximum Gasteiger partial charge on any atom is 0.229 e. The topological polar surface area (TPSA) is 29.5 Å². The van der Waals surface area contributed by atoms with E-state index in [2.05, 4.69) is 48.2 Å². The first-order valence-electron chi connectivity index (χ1n) is 10.9. The van der Waals surface area contributed by atoms with Gasteiger partial charge in [-0.05, 0) is 56.3 Å². The Morgan fingerprint density at radius 1 is 1.04 bits per heavy atom. The molecule has 1 aromatic rings. The van der Waals surface area contributed by atoms with Gasteiger partial charge in [0.15, 0.2) is 5.72 Å². The smallest absolute Gasteiger partial charge is 0.229 e. The van der Waals surface area contributed by atoms with E-state index in [1.54, 1.807) is 0 Å². The van der Waals surface area contributed by atoms with Crippen LogP contribution in [-0.4, -0.2) is 23.5 Å². The van der Waals surface area contributed by atoms with Crippen molar-refractivity contribution in [2.45, 2.75) is 44.4 Å². The van der Waals surface area contributed by atoms with Crippen LogP contribution in [0.3, 0.4) is 0 Å². The van der Waals surface area contributed by atoms with Crippen LogP contribution in [0, 0.1) is 48.3 Å². The van der Waals surface area contributed by atoms with Gasteiger partial charge in [0.1, 0.15) is 0 Å². The highest BCUT2D eigenvalue weighted by Gasteiger charge is 2.73. The summed E-state index contributed by atoms with van der Waals surface area (Å²) in [5.74, 6) is 3.80. The molecule has 7 rings (SSSR count). The minimum Gasteiger partial charge on any atom is -0.350 e. The van der Waals surface area contributed by atoms with Crippen molar-refractivity contribution < 1.29 is 9.53 Å². The Labute approximate surface area is 160 Å². The maximum absolute atomic E-state index is 13.9. The SMILES string of the molecule is Cc1ccc([C@@]23OC[C@H]4[C@@H]5CC[C@@H](C5)[C@H]4N2C(=O)[C@@H]2[C@H]3[C@@H]3C=C[C@H]2C3)cc1. The normalized spacial score (nSPS) is 51.0. The molecule has 0 unspecified atom stereocenters. The molecular weight excluding hydrogens is 334 g/mol. The van der Waals surface area contributed by atoms with Crippen molar-refractivity contribution in [3.8, 4) is 0 Å². The molecule has 27 heavy (non-hydrogen) atoms. The number of benzene rings is 1. The first-order valence-corrected chi connectivity index (χ1v) is 10.9. The van der Waals surface area contributed by atoms with Gasteiger partial charge in [0, 0.05) is 23.4 Å². The van der Waals surface area contributed by atoms with Crippen LogP contribution in [-0.2, 0) is 15.3 Å². The quantitative estimate of drug-likeness (QED) is 0.711. The average Bonchev–Trinajstić information content (AvgIpc) is 3.48. The number of ether oxygens (including phenoxy) is 1. The van der Waals surface area contributed by atoms with Crippen molar-refractivity contribution in [3.05, 3.63) is 47.5 Å². The molecule has 140 valence electrons. The van der Waals surface area contributed by atoms with Gasteiger partial charge in [0.2, 0.25) is 5.91 Å². The zero-order valence-corrected chi connectivity index (χ0v) is 15.9. The van der Waals surface area contributed by atoms with Gasteiger partial charge in [-0.15, -0.1) is 0 Å². The Kier molecular flexibility index (Phi) is 2.76. The fraction of sp³-hybridized carbons (Fsp3) is 0.625. The molecule has 6 aliphatic rings. The van der Waals surface area contributed by atoms with Crippen LogP contribution in [0.4, 0.5) is 0 Å². The zero-order valence-electron chi connectivity index (χ0n) is 15.9. The van der Waals surface area contributed by atoms with E-state index in [4.69, 9.17) is 4.74 Å². The van der Waals surface area contributed by atoms with Gasteiger partial charge in [-0.2, -0.15) is 0 Å². The summed E-state index contributed by atoms with van der Waals surface area (Å²) >= 11 is 0. The highest BCUT2D eigenvalue weighted by atomic mass is 16.5. The van der Waals surface area contributed by atoms with Gasteiger partial charge in [-0.3, -0.25) is 4.79 Å². The van der Waals surface area contributed by atoms with Crippen LogP contribution in [0.1, 0.15) is 36.8 Å². The summed E-state index contributed by atoms with van der Waals surface area (Å²) in [6.45, 7) is 2.98. The molecule has 3 nitrogen and oxygen atoms in total. The van der Waals surface area contributed by atoms with E-state index in [0.29, 0.717) is 41.5 Å². The Balaban J connectivity index is 1.44. The predicted octanol–water partition coefficient (Wildman–Crippen LogP) is 3.87. The zero-order chi connectivity index (χ0) is 17.9. The van der Waals surface area contributed by atoms with Crippen LogP contribution in [0.2, 0.25) is 0 Å². The number of allylic oxidation sites excluding steroid dienone is 2. The van der Waals surface area contributed by atoms with Crippen LogP contribution >= 0.6 is 0 Å². The van der Waals surface area contributed by atoms with Crippen LogP contribution in [0.5, 0.6) is 0 Å². The van der Waals surface area contributed by atoms with Crippen LogP contribution in [0.25, 0.3) is 0 Å². The molecule has 2 aliphatic heterocycles. The molecule has 0 spiro atoms. The van der Waals surface area contributed by atoms with Gasteiger partial charge >= 0.3 is 0 Å². The summed E-state index contributed by atoms with van der Waals surface area (Å²) in [6, 6.07) is 9.28. The first kappa shape index (κ1) is 15.3. The van der Waals surface area contributed by atoms with E-state index in [0.717, 1.165) is 18.9 Å². The second-order valence-corrected chi connectivity index (χ2v) is 10.1.